The van der Waals surface area contributed by atoms with Gasteiger partial charge in [0.2, 0.25) is 5.88 Å². The van der Waals surface area contributed by atoms with Crippen LogP contribution < -0.4 is 4.74 Å². The molecule has 0 fully saturated rings. The maximum absolute atomic E-state index is 12.9. The van der Waals surface area contributed by atoms with Crippen LogP contribution in [-0.4, -0.2) is 22.9 Å². The van der Waals surface area contributed by atoms with Gasteiger partial charge < -0.3 is 9.47 Å². The number of aromatic nitrogens is 2. The largest absolute Gasteiger partial charge is 0.404 e. The Hall–Kier alpha value is -3.44. The summed E-state index contributed by atoms with van der Waals surface area (Å²) in [5.74, 6) is -0.0668. The molecule has 0 N–H and O–H groups in total. The monoisotopic (exact) mass is 372 g/mol. The molecular formula is C23H20N2O3. The van der Waals surface area contributed by atoms with Crippen molar-refractivity contribution in [3.63, 3.8) is 0 Å². The van der Waals surface area contributed by atoms with Crippen LogP contribution in [0.2, 0.25) is 0 Å². The Labute approximate surface area is 163 Å². The van der Waals surface area contributed by atoms with Crippen molar-refractivity contribution < 1.29 is 14.3 Å². The molecule has 4 rings (SSSR count). The van der Waals surface area contributed by atoms with Crippen molar-refractivity contribution in [1.29, 1.82) is 0 Å². The molecule has 0 saturated heterocycles. The molecule has 0 amide bonds. The maximum Gasteiger partial charge on any atom is 0.345 e. The van der Waals surface area contributed by atoms with Gasteiger partial charge in [0.15, 0.2) is 0 Å². The van der Waals surface area contributed by atoms with Gasteiger partial charge in [-0.05, 0) is 35.9 Å². The molecule has 5 nitrogen and oxygen atoms in total. The third-order valence-electron chi connectivity index (χ3n) is 4.50. The number of fused-ring (bicyclic) bond motifs is 1. The lowest BCUT2D eigenvalue weighted by Crippen LogP contribution is -2.12. The number of hydrogen-bond donors (Lipinski definition) is 0. The highest BCUT2D eigenvalue weighted by Gasteiger charge is 2.17. The van der Waals surface area contributed by atoms with Crippen LogP contribution in [0.4, 0.5) is 0 Å². The van der Waals surface area contributed by atoms with Crippen LogP contribution in [0.5, 0.6) is 5.88 Å². The predicted molar refractivity (Wildman–Crippen MR) is 108 cm³/mol. The zero-order valence-electron chi connectivity index (χ0n) is 15.8. The summed E-state index contributed by atoms with van der Waals surface area (Å²) in [5, 5.41) is 6.37. The number of benzene rings is 3. The topological polar surface area (TPSA) is 53.4 Å². The van der Waals surface area contributed by atoms with Crippen molar-refractivity contribution >= 4 is 16.7 Å². The first-order valence-corrected chi connectivity index (χ1v) is 9.00. The van der Waals surface area contributed by atoms with E-state index >= 15 is 0 Å². The molecule has 0 radical (unpaired) electrons. The lowest BCUT2D eigenvalue weighted by molar-refractivity contribution is 0.0725. The van der Waals surface area contributed by atoms with Crippen molar-refractivity contribution in [2.24, 2.45) is 0 Å². The maximum atomic E-state index is 12.9. The van der Waals surface area contributed by atoms with Crippen LogP contribution in [0.25, 0.3) is 16.5 Å². The standard InChI is InChI=1S/C23H20N2O3/c1-16-10-12-19(13-11-16)25-22(14-18(24-25)15-27-2)28-23(26)21-9-5-7-17-6-3-4-8-20(17)21/h3-14H,15H2,1-2H3. The van der Waals surface area contributed by atoms with Gasteiger partial charge in [0.05, 0.1) is 23.6 Å². The quantitative estimate of drug-likeness (QED) is 0.477. The molecule has 0 spiro atoms. The van der Waals surface area contributed by atoms with Crippen LogP contribution >= 0.6 is 0 Å². The number of nitrogens with zero attached hydrogens (tertiary/aromatic N) is 2. The fraction of sp³-hybridized carbons (Fsp3) is 0.130. The SMILES string of the molecule is COCc1cc(OC(=O)c2cccc3ccccc23)n(-c2ccc(C)cc2)n1. The van der Waals surface area contributed by atoms with Crippen LogP contribution in [0.3, 0.4) is 0 Å². The van der Waals surface area contributed by atoms with Crippen molar-refractivity contribution in [1.82, 2.24) is 9.78 Å². The molecule has 3 aromatic carbocycles. The van der Waals surface area contributed by atoms with Crippen molar-refractivity contribution in [3.05, 3.63) is 89.6 Å². The molecule has 4 aromatic rings. The van der Waals surface area contributed by atoms with Gasteiger partial charge in [0, 0.05) is 13.2 Å². The minimum atomic E-state index is -0.422. The summed E-state index contributed by atoms with van der Waals surface area (Å²) in [6.45, 7) is 2.35. The molecule has 0 atom stereocenters. The second-order valence-corrected chi connectivity index (χ2v) is 6.57. The van der Waals surface area contributed by atoms with Gasteiger partial charge in [-0.1, -0.05) is 54.1 Å². The molecule has 0 unspecified atom stereocenters. The van der Waals surface area contributed by atoms with E-state index in [1.54, 1.807) is 23.9 Å². The third kappa shape index (κ3) is 3.52. The van der Waals surface area contributed by atoms with Crippen LogP contribution in [0.1, 0.15) is 21.6 Å². The summed E-state index contributed by atoms with van der Waals surface area (Å²) in [4.78, 5) is 12.9. The summed E-state index contributed by atoms with van der Waals surface area (Å²) >= 11 is 0. The van der Waals surface area contributed by atoms with Gasteiger partial charge >= 0.3 is 5.97 Å². The number of carbonyl (C=O) groups is 1. The second kappa shape index (κ2) is 7.66. The summed E-state index contributed by atoms with van der Waals surface area (Å²) in [7, 11) is 1.60. The molecule has 5 heteroatoms. The normalized spacial score (nSPS) is 10.9. The van der Waals surface area contributed by atoms with Gasteiger partial charge in [-0.15, -0.1) is 0 Å². The van der Waals surface area contributed by atoms with Crippen LogP contribution in [0.15, 0.2) is 72.8 Å². The van der Waals surface area contributed by atoms with Gasteiger partial charge in [0.1, 0.15) is 0 Å². The molecular weight excluding hydrogens is 352 g/mol. The Morgan fingerprint density at radius 1 is 1.00 bits per heavy atom. The molecule has 140 valence electrons. The van der Waals surface area contributed by atoms with E-state index in [0.717, 1.165) is 22.0 Å². The lowest BCUT2D eigenvalue weighted by Gasteiger charge is -2.09. The van der Waals surface area contributed by atoms with Crippen molar-refractivity contribution in [3.8, 4) is 11.6 Å². The Kier molecular flexibility index (Phi) is 4.91. The number of methoxy groups -OCH3 is 1. The molecule has 1 aromatic heterocycles. The fourth-order valence-corrected chi connectivity index (χ4v) is 3.13. The highest BCUT2D eigenvalue weighted by Crippen LogP contribution is 2.24. The number of aryl methyl sites for hydroxylation is 1. The second-order valence-electron chi connectivity index (χ2n) is 6.57. The Bertz CT molecular complexity index is 1130. The van der Waals surface area contributed by atoms with Crippen LogP contribution in [-0.2, 0) is 11.3 Å². The summed E-state index contributed by atoms with van der Waals surface area (Å²) in [6, 6.07) is 22.9. The average Bonchev–Trinajstić information content (AvgIpc) is 3.10. The molecule has 1 heterocycles. The van der Waals surface area contributed by atoms with E-state index in [1.165, 1.54) is 0 Å². The van der Waals surface area contributed by atoms with E-state index in [0.29, 0.717) is 23.7 Å². The molecule has 0 aliphatic rings. The molecule has 0 saturated carbocycles. The first-order valence-electron chi connectivity index (χ1n) is 9.00. The predicted octanol–water partition coefficient (Wildman–Crippen LogP) is 4.70. The number of ether oxygens (including phenoxy) is 2. The first-order chi connectivity index (χ1) is 13.7. The van der Waals surface area contributed by atoms with Gasteiger partial charge in [-0.25, -0.2) is 9.48 Å². The smallest absolute Gasteiger partial charge is 0.345 e. The summed E-state index contributed by atoms with van der Waals surface area (Å²) in [5.41, 5.74) is 3.16. The fourth-order valence-electron chi connectivity index (χ4n) is 3.13. The first kappa shape index (κ1) is 17.9. The Morgan fingerprint density at radius 2 is 1.75 bits per heavy atom. The van der Waals surface area contributed by atoms with E-state index < -0.39 is 5.97 Å². The number of carbonyl (C=O) groups excluding carboxylic acids is 1. The van der Waals surface area contributed by atoms with E-state index in [2.05, 4.69) is 5.10 Å². The van der Waals surface area contributed by atoms with Crippen molar-refractivity contribution in [2.75, 3.05) is 7.11 Å². The van der Waals surface area contributed by atoms with Gasteiger partial charge in [-0.2, -0.15) is 5.10 Å². The minimum absolute atomic E-state index is 0.331. The lowest BCUT2D eigenvalue weighted by atomic mass is 10.1. The minimum Gasteiger partial charge on any atom is -0.404 e. The van der Waals surface area contributed by atoms with Crippen molar-refractivity contribution in [2.45, 2.75) is 13.5 Å². The zero-order chi connectivity index (χ0) is 19.5. The highest BCUT2D eigenvalue weighted by atomic mass is 16.5. The molecule has 0 aliphatic heterocycles. The van der Waals surface area contributed by atoms with E-state index in [4.69, 9.17) is 9.47 Å². The molecule has 0 bridgehead atoms. The van der Waals surface area contributed by atoms with Gasteiger partial charge in [-0.3, -0.25) is 0 Å². The van der Waals surface area contributed by atoms with E-state index in [9.17, 15) is 4.79 Å². The Morgan fingerprint density at radius 3 is 2.54 bits per heavy atom. The third-order valence-corrected chi connectivity index (χ3v) is 4.50. The van der Waals surface area contributed by atoms with E-state index in [1.807, 2.05) is 67.6 Å². The molecule has 28 heavy (non-hydrogen) atoms. The Balaban J connectivity index is 1.72. The number of rotatable bonds is 5. The van der Waals surface area contributed by atoms with Crippen LogP contribution in [0, 0.1) is 6.92 Å². The highest BCUT2D eigenvalue weighted by molar-refractivity contribution is 6.05. The molecule has 0 aliphatic carbocycles. The average molecular weight is 372 g/mol. The van der Waals surface area contributed by atoms with Gasteiger partial charge in [0.25, 0.3) is 0 Å². The summed E-state index contributed by atoms with van der Waals surface area (Å²) in [6.07, 6.45) is 0. The summed E-state index contributed by atoms with van der Waals surface area (Å²) < 4.78 is 12.6. The number of esters is 1. The zero-order valence-corrected chi connectivity index (χ0v) is 15.8. The number of hydrogen-bond acceptors (Lipinski definition) is 4. The van der Waals surface area contributed by atoms with E-state index in [-0.39, 0.29) is 0 Å².